The van der Waals surface area contributed by atoms with Crippen LogP contribution in [0.25, 0.3) is 0 Å². The van der Waals surface area contributed by atoms with E-state index in [-0.39, 0.29) is 22.4 Å². The number of rotatable bonds is 7. The molecule has 0 bridgehead atoms. The molecule has 0 spiro atoms. The SMILES string of the molecule is CCC(CC)(C(Cc1ccc(F)c(Cl)c1)NC)N(C)C. The minimum absolute atomic E-state index is 0.0790. The van der Waals surface area contributed by atoms with Gasteiger partial charge in [-0.3, -0.25) is 0 Å². The maximum atomic E-state index is 13.3. The fraction of sp³-hybridized carbons (Fsp3) is 0.625. The highest BCUT2D eigenvalue weighted by molar-refractivity contribution is 6.30. The summed E-state index contributed by atoms with van der Waals surface area (Å²) < 4.78 is 13.3. The highest BCUT2D eigenvalue weighted by atomic mass is 35.5. The molecule has 1 rings (SSSR count). The summed E-state index contributed by atoms with van der Waals surface area (Å²) in [6.45, 7) is 4.43. The number of nitrogens with zero attached hydrogens (tertiary/aromatic N) is 1. The lowest BCUT2D eigenvalue weighted by Gasteiger charge is -2.45. The lowest BCUT2D eigenvalue weighted by molar-refractivity contribution is 0.0917. The van der Waals surface area contributed by atoms with Gasteiger partial charge in [-0.25, -0.2) is 4.39 Å². The average Bonchev–Trinajstić information content (AvgIpc) is 2.43. The zero-order chi connectivity index (χ0) is 15.3. The third kappa shape index (κ3) is 3.51. The van der Waals surface area contributed by atoms with Gasteiger partial charge < -0.3 is 10.2 Å². The normalized spacial score (nSPS) is 13.8. The zero-order valence-corrected chi connectivity index (χ0v) is 13.9. The van der Waals surface area contributed by atoms with Crippen LogP contribution in [0.4, 0.5) is 4.39 Å². The predicted octanol–water partition coefficient (Wildman–Crippen LogP) is 3.73. The average molecular weight is 301 g/mol. The van der Waals surface area contributed by atoms with Crippen LogP contribution in [0.2, 0.25) is 5.02 Å². The van der Waals surface area contributed by atoms with E-state index in [0.717, 1.165) is 24.8 Å². The Balaban J connectivity index is 3.03. The van der Waals surface area contributed by atoms with Gasteiger partial charge in [0.25, 0.3) is 0 Å². The number of nitrogens with one attached hydrogen (secondary N) is 1. The summed E-state index contributed by atoms with van der Waals surface area (Å²) in [6.07, 6.45) is 2.93. The first kappa shape index (κ1) is 17.4. The largest absolute Gasteiger partial charge is 0.315 e. The van der Waals surface area contributed by atoms with E-state index in [1.165, 1.54) is 6.07 Å². The molecule has 2 nitrogen and oxygen atoms in total. The molecule has 0 saturated carbocycles. The van der Waals surface area contributed by atoms with Crippen LogP contribution in [0.1, 0.15) is 32.3 Å². The minimum atomic E-state index is -0.360. The van der Waals surface area contributed by atoms with Crippen LogP contribution in [0.5, 0.6) is 0 Å². The van der Waals surface area contributed by atoms with Crippen LogP contribution in [0.3, 0.4) is 0 Å². The van der Waals surface area contributed by atoms with Crippen LogP contribution in [0, 0.1) is 5.82 Å². The summed E-state index contributed by atoms with van der Waals surface area (Å²) >= 11 is 5.88. The molecule has 0 aliphatic heterocycles. The maximum absolute atomic E-state index is 13.3. The number of hydrogen-bond acceptors (Lipinski definition) is 2. The molecule has 0 amide bonds. The smallest absolute Gasteiger partial charge is 0.141 e. The molecule has 1 aromatic rings. The first-order valence-corrected chi connectivity index (χ1v) is 7.57. The number of benzene rings is 1. The molecule has 1 atom stereocenters. The first-order valence-electron chi connectivity index (χ1n) is 7.19. The minimum Gasteiger partial charge on any atom is -0.315 e. The number of hydrogen-bond donors (Lipinski definition) is 1. The Hall–Kier alpha value is -0.640. The van der Waals surface area contributed by atoms with Crippen molar-refractivity contribution in [3.05, 3.63) is 34.6 Å². The van der Waals surface area contributed by atoms with E-state index < -0.39 is 0 Å². The Morgan fingerprint density at radius 3 is 2.30 bits per heavy atom. The molecule has 0 heterocycles. The maximum Gasteiger partial charge on any atom is 0.141 e. The Bertz CT molecular complexity index is 430. The summed E-state index contributed by atoms with van der Waals surface area (Å²) in [4.78, 5) is 2.29. The van der Waals surface area contributed by atoms with Crippen LogP contribution in [-0.2, 0) is 6.42 Å². The Morgan fingerprint density at radius 1 is 1.30 bits per heavy atom. The van der Waals surface area contributed by atoms with Gasteiger partial charge in [-0.2, -0.15) is 0 Å². The van der Waals surface area contributed by atoms with Gasteiger partial charge >= 0.3 is 0 Å². The van der Waals surface area contributed by atoms with Crippen molar-refractivity contribution >= 4 is 11.6 Å². The number of likely N-dealkylation sites (N-methyl/N-ethyl adjacent to an activating group) is 2. The van der Waals surface area contributed by atoms with Gasteiger partial charge in [0.05, 0.1) is 5.02 Å². The second-order valence-electron chi connectivity index (χ2n) is 5.50. The van der Waals surface area contributed by atoms with Crippen molar-refractivity contribution in [1.29, 1.82) is 0 Å². The highest BCUT2D eigenvalue weighted by Gasteiger charge is 2.36. The van der Waals surface area contributed by atoms with E-state index in [1.807, 2.05) is 13.1 Å². The molecular weight excluding hydrogens is 275 g/mol. The molecule has 0 radical (unpaired) electrons. The van der Waals surface area contributed by atoms with E-state index in [0.29, 0.717) is 0 Å². The van der Waals surface area contributed by atoms with E-state index >= 15 is 0 Å². The third-order valence-electron chi connectivity index (χ3n) is 4.54. The van der Waals surface area contributed by atoms with Gasteiger partial charge in [0.15, 0.2) is 0 Å². The fourth-order valence-corrected chi connectivity index (χ4v) is 3.35. The third-order valence-corrected chi connectivity index (χ3v) is 4.83. The van der Waals surface area contributed by atoms with Crippen molar-refractivity contribution < 1.29 is 4.39 Å². The Morgan fingerprint density at radius 2 is 1.90 bits per heavy atom. The van der Waals surface area contributed by atoms with E-state index in [1.54, 1.807) is 6.07 Å². The molecule has 0 aromatic heterocycles. The van der Waals surface area contributed by atoms with Crippen LogP contribution in [0.15, 0.2) is 18.2 Å². The molecule has 1 aromatic carbocycles. The second-order valence-corrected chi connectivity index (χ2v) is 5.91. The monoisotopic (exact) mass is 300 g/mol. The molecule has 4 heteroatoms. The highest BCUT2D eigenvalue weighted by Crippen LogP contribution is 2.28. The van der Waals surface area contributed by atoms with Gasteiger partial charge in [0, 0.05) is 11.6 Å². The Labute approximate surface area is 127 Å². The lowest BCUT2D eigenvalue weighted by Crippen LogP contribution is -2.58. The van der Waals surface area contributed by atoms with Crippen molar-refractivity contribution in [1.82, 2.24) is 10.2 Å². The lowest BCUT2D eigenvalue weighted by atomic mass is 9.80. The zero-order valence-electron chi connectivity index (χ0n) is 13.1. The summed E-state index contributed by atoms with van der Waals surface area (Å²) in [7, 11) is 6.23. The van der Waals surface area contributed by atoms with Gasteiger partial charge in [0.1, 0.15) is 5.82 Å². The van der Waals surface area contributed by atoms with Gasteiger partial charge in [-0.15, -0.1) is 0 Å². The van der Waals surface area contributed by atoms with Crippen molar-refractivity contribution in [2.45, 2.75) is 44.7 Å². The molecule has 114 valence electrons. The van der Waals surface area contributed by atoms with Crippen molar-refractivity contribution in [2.24, 2.45) is 0 Å². The summed E-state index contributed by atoms with van der Waals surface area (Å²) in [5.41, 5.74) is 1.14. The molecule has 1 unspecified atom stereocenters. The fourth-order valence-electron chi connectivity index (χ4n) is 3.15. The molecule has 0 aliphatic carbocycles. The molecule has 0 saturated heterocycles. The van der Waals surface area contributed by atoms with Crippen LogP contribution < -0.4 is 5.32 Å². The van der Waals surface area contributed by atoms with Crippen LogP contribution in [-0.4, -0.2) is 37.6 Å². The van der Waals surface area contributed by atoms with Gasteiger partial charge in [-0.1, -0.05) is 31.5 Å². The molecule has 0 aliphatic rings. The molecule has 1 N–H and O–H groups in total. The van der Waals surface area contributed by atoms with Crippen molar-refractivity contribution in [2.75, 3.05) is 21.1 Å². The summed E-state index contributed by atoms with van der Waals surface area (Å²) in [5, 5.41) is 3.63. The quantitative estimate of drug-likeness (QED) is 0.825. The summed E-state index contributed by atoms with van der Waals surface area (Å²) in [6, 6.07) is 5.28. The second kappa shape index (κ2) is 7.39. The van der Waals surface area contributed by atoms with Crippen LogP contribution >= 0.6 is 11.6 Å². The first-order chi connectivity index (χ1) is 9.41. The molecule has 20 heavy (non-hydrogen) atoms. The van der Waals surface area contributed by atoms with E-state index in [9.17, 15) is 4.39 Å². The number of halogens is 2. The summed E-state index contributed by atoms with van der Waals surface area (Å²) in [5.74, 6) is -0.360. The van der Waals surface area contributed by atoms with E-state index in [4.69, 9.17) is 11.6 Å². The van der Waals surface area contributed by atoms with Crippen molar-refractivity contribution in [3.8, 4) is 0 Å². The molecular formula is C16H26ClFN2. The van der Waals surface area contributed by atoms with E-state index in [2.05, 4.69) is 38.2 Å². The predicted molar refractivity (Wildman–Crippen MR) is 85.0 cm³/mol. The topological polar surface area (TPSA) is 15.3 Å². The van der Waals surface area contributed by atoms with Gasteiger partial charge in [-0.05, 0) is 58.1 Å². The Kier molecular flexibility index (Phi) is 6.44. The van der Waals surface area contributed by atoms with Gasteiger partial charge in [0.2, 0.25) is 0 Å². The molecule has 0 fully saturated rings. The van der Waals surface area contributed by atoms with Crippen molar-refractivity contribution in [3.63, 3.8) is 0 Å². The standard InChI is InChI=1S/C16H26ClFN2/c1-6-16(7-2,20(4)5)15(19-3)11-12-8-9-14(18)13(17)10-12/h8-10,15,19H,6-7,11H2,1-5H3.